The third-order valence-electron chi connectivity index (χ3n) is 20.7. The molecular weight excluding hydrogens is 1430 g/mol. The molecule has 8 aromatic rings. The van der Waals surface area contributed by atoms with Crippen LogP contribution in [0, 0.1) is 0 Å². The number of carbonyl (C=O) groups is 2. The minimum Gasteiger partial charge on any atom is -0.493 e. The molecule has 0 radical (unpaired) electrons. The van der Waals surface area contributed by atoms with Gasteiger partial charge in [-0.25, -0.2) is 0 Å². The second kappa shape index (κ2) is 43.9. The number of anilines is 8. The molecule has 0 heterocycles. The minimum atomic E-state index is -0.255. The van der Waals surface area contributed by atoms with E-state index in [0.717, 1.165) is 226 Å². The lowest BCUT2D eigenvalue weighted by Gasteiger charge is -2.24. The van der Waals surface area contributed by atoms with E-state index in [-0.39, 0.29) is 24.9 Å². The van der Waals surface area contributed by atoms with Crippen molar-refractivity contribution in [1.29, 1.82) is 0 Å². The van der Waals surface area contributed by atoms with Crippen LogP contribution in [0.1, 0.15) is 247 Å². The number of amides is 2. The summed E-state index contributed by atoms with van der Waals surface area (Å²) in [5.41, 5.74) is 60.5. The average Bonchev–Trinajstić information content (AvgIpc) is 0.778. The molecule has 614 valence electrons. The van der Waals surface area contributed by atoms with Gasteiger partial charge in [-0.05, 0) is 148 Å². The number of nitrogens with one attached hydrogen (secondary N) is 4. The number of fused-ring (bicyclic) bond motifs is 16. The molecule has 0 saturated carbocycles. The predicted molar refractivity (Wildman–Crippen MR) is 467 cm³/mol. The van der Waals surface area contributed by atoms with Crippen LogP contribution < -0.4 is 93.6 Å². The number of hydrogen-bond acceptors (Lipinski definition) is 18. The number of benzene rings is 8. The lowest BCUT2D eigenvalue weighted by atomic mass is 9.90. The van der Waals surface area contributed by atoms with Crippen LogP contribution in [-0.4, -0.2) is 90.8 Å². The van der Waals surface area contributed by atoms with Gasteiger partial charge in [0.25, 0.3) is 0 Å². The summed E-state index contributed by atoms with van der Waals surface area (Å²) >= 11 is 0. The molecule has 16 N–H and O–H groups in total. The molecule has 20 heteroatoms. The number of rotatable bonds is 41. The number of nitrogens with two attached hydrogens (primary N) is 6. The Morgan fingerprint density at radius 1 is 0.246 bits per heavy atom. The van der Waals surface area contributed by atoms with Gasteiger partial charge in [0, 0.05) is 199 Å². The fourth-order valence-corrected chi connectivity index (χ4v) is 15.1. The molecule has 10 rings (SSSR count). The van der Waals surface area contributed by atoms with Crippen molar-refractivity contribution in [3.8, 4) is 46.0 Å². The molecule has 2 aliphatic rings. The lowest BCUT2D eigenvalue weighted by Crippen LogP contribution is -2.36. The number of carbonyl (C=O) groups excluding carboxylic acids is 2. The smallest absolute Gasteiger partial charge is 0.238 e. The van der Waals surface area contributed by atoms with Crippen molar-refractivity contribution in [3.63, 3.8) is 0 Å². The van der Waals surface area contributed by atoms with Crippen LogP contribution in [0.15, 0.2) is 97.1 Å². The van der Waals surface area contributed by atoms with E-state index < -0.39 is 0 Å². The molecule has 2 aliphatic carbocycles. The highest BCUT2D eigenvalue weighted by Gasteiger charge is 2.29. The second-order valence-electron chi connectivity index (χ2n) is 30.7. The van der Waals surface area contributed by atoms with Gasteiger partial charge in [0.05, 0.1) is 65.9 Å². The monoisotopic (exact) mass is 1560 g/mol. The number of hydrogen-bond donors (Lipinski definition) is 10. The maximum Gasteiger partial charge on any atom is 0.238 e. The van der Waals surface area contributed by atoms with Gasteiger partial charge in [0.1, 0.15) is 46.0 Å². The molecule has 0 unspecified atom stereocenters. The molecule has 114 heavy (non-hydrogen) atoms. The first kappa shape index (κ1) is 86.2. The van der Waals surface area contributed by atoms with Gasteiger partial charge in [-0.2, -0.15) is 0 Å². The van der Waals surface area contributed by atoms with Crippen LogP contribution in [0.25, 0.3) is 0 Å². The summed E-state index contributed by atoms with van der Waals surface area (Å²) in [5, 5.41) is 13.2. The van der Waals surface area contributed by atoms with E-state index in [1.807, 2.05) is 97.1 Å². The maximum atomic E-state index is 14.4. The maximum absolute atomic E-state index is 14.4. The Hall–Kier alpha value is -10.2. The van der Waals surface area contributed by atoms with E-state index in [0.29, 0.717) is 174 Å². The van der Waals surface area contributed by atoms with E-state index >= 15 is 0 Å². The minimum absolute atomic E-state index is 0.0158. The van der Waals surface area contributed by atoms with E-state index in [9.17, 15) is 9.59 Å². The lowest BCUT2D eigenvalue weighted by molar-refractivity contribution is -0.116. The Morgan fingerprint density at radius 2 is 0.386 bits per heavy atom. The molecular formula is C94H128N10O10. The Labute approximate surface area is 677 Å². The largest absolute Gasteiger partial charge is 0.493 e. The van der Waals surface area contributed by atoms with Crippen molar-refractivity contribution in [1.82, 2.24) is 10.6 Å². The topological polar surface area (TPSA) is 312 Å². The first-order valence-corrected chi connectivity index (χ1v) is 42.3. The highest BCUT2D eigenvalue weighted by Crippen LogP contribution is 2.46. The van der Waals surface area contributed by atoms with Crippen LogP contribution in [-0.2, 0) is 61.0 Å². The molecule has 0 aliphatic heterocycles. The molecule has 0 fully saturated rings. The first-order chi connectivity index (χ1) is 55.4. The average molecular weight is 1560 g/mol. The van der Waals surface area contributed by atoms with Crippen molar-refractivity contribution >= 4 is 57.3 Å². The van der Waals surface area contributed by atoms with Gasteiger partial charge in [-0.1, -0.05) is 107 Å². The Kier molecular flexibility index (Phi) is 33.2. The summed E-state index contributed by atoms with van der Waals surface area (Å²) in [6.45, 7) is 22.0. The number of ether oxygens (including phenoxy) is 8. The molecule has 0 spiro atoms. The van der Waals surface area contributed by atoms with E-state index in [1.54, 1.807) is 0 Å². The highest BCUT2D eigenvalue weighted by molar-refractivity contribution is 5.93. The third-order valence-corrected chi connectivity index (χ3v) is 20.7. The zero-order valence-electron chi connectivity index (χ0n) is 69.2. The predicted octanol–water partition coefficient (Wildman–Crippen LogP) is 17.7. The molecule has 0 saturated heterocycles. The summed E-state index contributed by atoms with van der Waals surface area (Å²) in [6, 6.07) is 32.1. The molecule has 8 aromatic carbocycles. The first-order valence-electron chi connectivity index (χ1n) is 42.3. The van der Waals surface area contributed by atoms with E-state index in [1.165, 1.54) is 0 Å². The second-order valence-corrected chi connectivity index (χ2v) is 30.7. The van der Waals surface area contributed by atoms with Crippen molar-refractivity contribution in [3.05, 3.63) is 186 Å². The molecule has 2 amide bonds. The molecule has 0 aromatic heterocycles. The Bertz CT molecular complexity index is 4010. The fourth-order valence-electron chi connectivity index (χ4n) is 15.1. The van der Waals surface area contributed by atoms with Crippen molar-refractivity contribution in [2.75, 3.05) is 124 Å². The van der Waals surface area contributed by atoms with Crippen LogP contribution in [0.4, 0.5) is 45.5 Å². The third kappa shape index (κ3) is 24.2. The van der Waals surface area contributed by atoms with Gasteiger partial charge in [-0.3, -0.25) is 9.59 Å². The Balaban J connectivity index is 0.938. The number of unbranched alkanes of at least 4 members (excludes halogenated alkanes) is 8. The highest BCUT2D eigenvalue weighted by atomic mass is 16.5. The van der Waals surface area contributed by atoms with Crippen molar-refractivity contribution in [2.45, 2.75) is 209 Å². The molecule has 0 atom stereocenters. The summed E-state index contributed by atoms with van der Waals surface area (Å²) in [5.74, 6) is 5.46. The summed E-state index contributed by atoms with van der Waals surface area (Å²) in [6.07, 6.45) is 17.6. The normalized spacial score (nSPS) is 12.4. The van der Waals surface area contributed by atoms with E-state index in [2.05, 4.69) is 76.7 Å². The van der Waals surface area contributed by atoms with Crippen molar-refractivity contribution in [2.24, 2.45) is 0 Å². The zero-order chi connectivity index (χ0) is 80.9. The fraction of sp³-hybridized carbons (Fsp3) is 0.468. The van der Waals surface area contributed by atoms with Gasteiger partial charge >= 0.3 is 0 Å². The van der Waals surface area contributed by atoms with Gasteiger partial charge in [-0.15, -0.1) is 0 Å². The zero-order valence-corrected chi connectivity index (χ0v) is 69.2. The van der Waals surface area contributed by atoms with Crippen LogP contribution in [0.2, 0.25) is 0 Å². The Morgan fingerprint density at radius 3 is 0.526 bits per heavy atom. The summed E-state index contributed by atoms with van der Waals surface area (Å²) in [7, 11) is 0. The number of nitrogen functional groups attached to an aromatic ring is 6. The standard InChI is InChI=1S/C94H128N10O10/c1-9-17-27-107-87-61-35-65-47-79(97)51-69(89(65)109-29-19-11-3)39-73-55-83(56-74(93(73)113-33-23-15-7)40-70-52-80(98)48-66(90(70)110-30-20-12-4)36-62(87)44-77(95)43-61)103-85(105)59-101-25-26-102-60-86(106)104-84-57-75-41-71-53-81(99)49-67(91(71)111-31-21-13-5)37-63-45-78(96)46-64(88(63)108-28-18-10-2)38-68-50-82(100)54-72(92(68)112-32-22-14-6)42-76(58-84)94(75)114-34-24-16-8/h43-58,101-102H,9-42,59-60,95-100H2,1-8H3,(H,103,105)(H,104,106). The summed E-state index contributed by atoms with van der Waals surface area (Å²) < 4.78 is 55.1. The van der Waals surface area contributed by atoms with Crippen LogP contribution in [0.5, 0.6) is 46.0 Å². The molecule has 20 nitrogen and oxygen atoms in total. The van der Waals surface area contributed by atoms with Crippen molar-refractivity contribution < 1.29 is 47.5 Å². The van der Waals surface area contributed by atoms with Gasteiger partial charge in [0.2, 0.25) is 11.8 Å². The van der Waals surface area contributed by atoms with Crippen LogP contribution >= 0.6 is 0 Å². The van der Waals surface area contributed by atoms with Gasteiger partial charge in [0.15, 0.2) is 0 Å². The summed E-state index contributed by atoms with van der Waals surface area (Å²) in [4.78, 5) is 28.9. The SMILES string of the molecule is CCCCOc1c2cc(N)cc1Cc1cc(N)cc(c1OCCCC)Cc1cc(NC(=O)CNCCNCC(=O)Nc3cc4c(OCCCC)c(c3)Cc3cc(N)cc(c3OCCCC)Cc3cc(N)cc(c3OCCCC)Cc3cc(N)cc(c3OCCCC)C4)cc(c1OCCCC)Cc1cc(N)cc(c1OCCCC)C2. The van der Waals surface area contributed by atoms with Gasteiger partial charge < -0.3 is 93.6 Å². The molecule has 16 bridgehead atoms. The quantitative estimate of drug-likeness (QED) is 0.0126. The van der Waals surface area contributed by atoms with Crippen LogP contribution in [0.3, 0.4) is 0 Å². The van der Waals surface area contributed by atoms with E-state index in [4.69, 9.17) is 72.3 Å².